The van der Waals surface area contributed by atoms with Crippen LogP contribution in [0.4, 0.5) is 0 Å². The number of nitrogens with zero attached hydrogens (tertiary/aromatic N) is 3. The molecule has 0 aliphatic carbocycles. The molecule has 2 aromatic heterocycles. The van der Waals surface area contributed by atoms with Crippen molar-refractivity contribution in [2.24, 2.45) is 11.8 Å². The molecule has 5 aliphatic heterocycles. The second kappa shape index (κ2) is 8.63. The number of benzene rings is 2. The summed E-state index contributed by atoms with van der Waals surface area (Å²) in [5, 5.41) is 7.23. The van der Waals surface area contributed by atoms with E-state index in [1.54, 1.807) is 5.56 Å². The van der Waals surface area contributed by atoms with Gasteiger partial charge in [0.2, 0.25) is 0 Å². The molecule has 4 fully saturated rings. The number of fused-ring (bicyclic) bond motifs is 3. The lowest BCUT2D eigenvalue weighted by Gasteiger charge is -2.65. The van der Waals surface area contributed by atoms with Crippen molar-refractivity contribution in [2.45, 2.75) is 76.2 Å². The van der Waals surface area contributed by atoms with E-state index in [4.69, 9.17) is 9.97 Å². The molecule has 210 valence electrons. The van der Waals surface area contributed by atoms with Crippen LogP contribution < -0.4 is 10.6 Å². The fraction of sp³-hybridized carbons (Fsp3) is 0.471. The highest BCUT2D eigenvalue weighted by molar-refractivity contribution is 5.80. The van der Waals surface area contributed by atoms with E-state index in [1.807, 2.05) is 6.20 Å². The van der Waals surface area contributed by atoms with Gasteiger partial charge in [-0.2, -0.15) is 0 Å². The summed E-state index contributed by atoms with van der Waals surface area (Å²) in [5.41, 5.74) is 10.9. The number of aromatic nitrogens is 4. The van der Waals surface area contributed by atoms with Crippen molar-refractivity contribution < 1.29 is 0 Å². The van der Waals surface area contributed by atoms with E-state index >= 15 is 0 Å². The molecule has 0 amide bonds. The second-order valence-corrected chi connectivity index (χ2v) is 13.9. The van der Waals surface area contributed by atoms with Gasteiger partial charge in [-0.3, -0.25) is 4.90 Å². The first-order chi connectivity index (χ1) is 19.9. The normalized spacial score (nSPS) is 33.4. The highest BCUT2D eigenvalue weighted by Gasteiger charge is 2.66. The zero-order valence-electron chi connectivity index (χ0n) is 24.2. The number of aromatic amines is 2. The maximum absolute atomic E-state index is 4.85. The molecule has 4 aromatic rings. The van der Waals surface area contributed by atoms with E-state index in [2.05, 4.69) is 88.9 Å². The third-order valence-corrected chi connectivity index (χ3v) is 10.9. The number of hydrogen-bond acceptors (Lipinski definition) is 5. The van der Waals surface area contributed by atoms with Crippen molar-refractivity contribution in [1.82, 2.24) is 35.5 Å². The van der Waals surface area contributed by atoms with Gasteiger partial charge in [0.15, 0.2) is 0 Å². The largest absolute Gasteiger partial charge is 0.341 e. The van der Waals surface area contributed by atoms with E-state index in [9.17, 15) is 0 Å². The summed E-state index contributed by atoms with van der Waals surface area (Å²) in [4.78, 5) is 19.6. The van der Waals surface area contributed by atoms with Crippen molar-refractivity contribution in [1.29, 1.82) is 0 Å². The molecule has 9 rings (SSSR count). The number of rotatable bonds is 5. The SMILES string of the molecule is C[C@H]1CN[C@H](c2ncc(-c3ccc(-c4ccc(-c5cnc([C@@H]6C[C@@H](C)CN6)[nH]5)c5c4C4CC6(C)CC5N46)cc3)[nH]2)C1. The van der Waals surface area contributed by atoms with E-state index in [-0.39, 0.29) is 0 Å². The molecule has 4 N–H and O–H groups in total. The molecule has 41 heavy (non-hydrogen) atoms. The van der Waals surface area contributed by atoms with Crippen molar-refractivity contribution in [2.75, 3.05) is 13.1 Å². The van der Waals surface area contributed by atoms with E-state index in [0.29, 0.717) is 41.5 Å². The van der Waals surface area contributed by atoms with Crippen molar-refractivity contribution in [3.8, 4) is 33.6 Å². The average Bonchev–Trinajstić information content (AvgIpc) is 3.79. The summed E-state index contributed by atoms with van der Waals surface area (Å²) < 4.78 is 0. The molecular weight excluding hydrogens is 506 g/mol. The minimum absolute atomic E-state index is 0.334. The van der Waals surface area contributed by atoms with Crippen molar-refractivity contribution in [3.05, 3.63) is 71.6 Å². The van der Waals surface area contributed by atoms with Crippen LogP contribution in [0.5, 0.6) is 0 Å². The molecular formula is C34H39N7. The molecule has 4 saturated heterocycles. The summed E-state index contributed by atoms with van der Waals surface area (Å²) in [6.45, 7) is 9.19. The lowest BCUT2D eigenvalue weighted by molar-refractivity contribution is -0.177. The Morgan fingerprint density at radius 3 is 1.83 bits per heavy atom. The summed E-state index contributed by atoms with van der Waals surface area (Å²) in [7, 11) is 0. The van der Waals surface area contributed by atoms with Crippen LogP contribution in [-0.4, -0.2) is 43.5 Å². The Bertz CT molecular complexity index is 1650. The fourth-order valence-corrected chi connectivity index (χ4v) is 8.77. The number of H-pyrrole nitrogens is 2. The van der Waals surface area contributed by atoms with Crippen LogP contribution in [0, 0.1) is 11.8 Å². The average molecular weight is 546 g/mol. The second-order valence-electron chi connectivity index (χ2n) is 13.9. The molecule has 7 heteroatoms. The summed E-state index contributed by atoms with van der Waals surface area (Å²) in [5.74, 6) is 3.53. The monoisotopic (exact) mass is 545 g/mol. The van der Waals surface area contributed by atoms with Crippen molar-refractivity contribution >= 4 is 0 Å². The Kier molecular flexibility index (Phi) is 5.13. The highest BCUT2D eigenvalue weighted by atomic mass is 15.4. The highest BCUT2D eigenvalue weighted by Crippen LogP contribution is 2.71. The Balaban J connectivity index is 1.06. The van der Waals surface area contributed by atoms with Crippen LogP contribution in [0.15, 0.2) is 48.8 Å². The molecule has 7 atom stereocenters. The van der Waals surface area contributed by atoms with Gasteiger partial charge in [-0.05, 0) is 85.3 Å². The van der Waals surface area contributed by atoms with Gasteiger partial charge >= 0.3 is 0 Å². The maximum atomic E-state index is 4.85. The van der Waals surface area contributed by atoms with Crippen LogP contribution in [0.2, 0.25) is 0 Å². The number of hydrogen-bond donors (Lipinski definition) is 4. The van der Waals surface area contributed by atoms with Gasteiger partial charge in [0.05, 0.1) is 35.9 Å². The van der Waals surface area contributed by atoms with Crippen LogP contribution in [0.3, 0.4) is 0 Å². The van der Waals surface area contributed by atoms with Gasteiger partial charge in [0, 0.05) is 23.2 Å². The molecule has 0 saturated carbocycles. The minimum atomic E-state index is 0.334. The van der Waals surface area contributed by atoms with Crippen molar-refractivity contribution in [3.63, 3.8) is 0 Å². The molecule has 5 aliphatic rings. The molecule has 0 bridgehead atoms. The van der Waals surface area contributed by atoms with Gasteiger partial charge < -0.3 is 20.6 Å². The topological polar surface area (TPSA) is 84.7 Å². The quantitative estimate of drug-likeness (QED) is 0.232. The van der Waals surface area contributed by atoms with Crippen LogP contribution in [-0.2, 0) is 0 Å². The molecule has 3 unspecified atom stereocenters. The Morgan fingerprint density at radius 1 is 0.707 bits per heavy atom. The predicted molar refractivity (Wildman–Crippen MR) is 161 cm³/mol. The van der Waals surface area contributed by atoms with Crippen LogP contribution >= 0.6 is 0 Å². The number of nitrogens with one attached hydrogen (secondary N) is 4. The number of piperidine rings is 1. The predicted octanol–water partition coefficient (Wildman–Crippen LogP) is 6.44. The molecule has 7 nitrogen and oxygen atoms in total. The van der Waals surface area contributed by atoms with Gasteiger partial charge in [-0.1, -0.05) is 50.2 Å². The first-order valence-electron chi connectivity index (χ1n) is 15.6. The smallest absolute Gasteiger partial charge is 0.123 e. The lowest BCUT2D eigenvalue weighted by atomic mass is 9.68. The van der Waals surface area contributed by atoms with E-state index in [1.165, 1.54) is 40.7 Å². The third kappa shape index (κ3) is 3.55. The third-order valence-electron chi connectivity index (χ3n) is 10.9. The van der Waals surface area contributed by atoms with Gasteiger partial charge in [0.1, 0.15) is 11.6 Å². The van der Waals surface area contributed by atoms with Gasteiger partial charge in [-0.15, -0.1) is 0 Å². The molecule has 7 heterocycles. The zero-order valence-corrected chi connectivity index (χ0v) is 24.2. The summed E-state index contributed by atoms with van der Waals surface area (Å²) in [6.07, 6.45) is 8.86. The molecule has 2 aromatic carbocycles. The van der Waals surface area contributed by atoms with E-state index < -0.39 is 0 Å². The molecule has 0 radical (unpaired) electrons. The summed E-state index contributed by atoms with van der Waals surface area (Å²) in [6, 6.07) is 15.5. The minimum Gasteiger partial charge on any atom is -0.341 e. The Labute approximate surface area is 241 Å². The molecule has 0 spiro atoms. The lowest BCUT2D eigenvalue weighted by Crippen LogP contribution is -2.66. The maximum Gasteiger partial charge on any atom is 0.123 e. The van der Waals surface area contributed by atoms with Crippen LogP contribution in [0.1, 0.15) is 93.4 Å². The number of imidazole rings is 2. The first-order valence-corrected chi connectivity index (χ1v) is 15.6. The Hall–Kier alpha value is -3.26. The van der Waals surface area contributed by atoms with Gasteiger partial charge in [-0.25, -0.2) is 9.97 Å². The van der Waals surface area contributed by atoms with E-state index in [0.717, 1.165) is 49.0 Å². The first kappa shape index (κ1) is 24.3. The van der Waals surface area contributed by atoms with Gasteiger partial charge in [0.25, 0.3) is 0 Å². The van der Waals surface area contributed by atoms with Crippen LogP contribution in [0.25, 0.3) is 33.6 Å². The zero-order chi connectivity index (χ0) is 27.5. The fourth-order valence-electron chi connectivity index (χ4n) is 8.77. The Morgan fingerprint density at radius 2 is 1.24 bits per heavy atom. The standard InChI is InChI=1S/C34H39N7/c1-18-10-24(35-14-18)32-37-16-26(39-32)21-6-4-20(5-7-21)22-8-9-23(27-17-38-33(40-27)25-11-19(2)15-36-25)31-29-13-34(3)12-28(30(22)31)41(29)34/h4-9,16-19,24-25,28-29,35-36H,10-15H2,1-3H3,(H,37,39)(H,38,40)/t18-,19-,24+,25+,28?,29?,34?/m1/s1. The summed E-state index contributed by atoms with van der Waals surface area (Å²) >= 11 is 0.